The van der Waals surface area contributed by atoms with Gasteiger partial charge in [-0.05, 0) is 43.9 Å². The molecule has 0 spiro atoms. The Morgan fingerprint density at radius 3 is 2.33 bits per heavy atom. The largest absolute Gasteiger partial charge is 0.390 e. The summed E-state index contributed by atoms with van der Waals surface area (Å²) < 4.78 is 37.0. The normalized spacial score (nSPS) is 15.3. The second-order valence-corrected chi connectivity index (χ2v) is 6.67. The standard InChI is InChI=1S/C19H29F3N4.HI/c1-3-23-18(24-12-11-19(20,21)22)25(2)15-16-7-9-17(10-8-16)26-13-5-4-6-14-26;/h7-10H,3-6,11-15H2,1-2H3,(H,23,24);1H. The van der Waals surface area contributed by atoms with E-state index < -0.39 is 12.6 Å². The summed E-state index contributed by atoms with van der Waals surface area (Å²) in [6, 6.07) is 8.42. The highest BCUT2D eigenvalue weighted by atomic mass is 127. The van der Waals surface area contributed by atoms with Crippen LogP contribution in [0.5, 0.6) is 0 Å². The molecule has 0 saturated carbocycles. The Morgan fingerprint density at radius 1 is 1.15 bits per heavy atom. The molecule has 27 heavy (non-hydrogen) atoms. The van der Waals surface area contributed by atoms with Crippen LogP contribution in [0, 0.1) is 0 Å². The molecule has 1 N–H and O–H groups in total. The quantitative estimate of drug-likeness (QED) is 0.352. The third-order valence-corrected chi connectivity index (χ3v) is 4.43. The number of piperidine rings is 1. The minimum Gasteiger partial charge on any atom is -0.372 e. The van der Waals surface area contributed by atoms with Crippen LogP contribution in [0.1, 0.15) is 38.2 Å². The van der Waals surface area contributed by atoms with Crippen molar-refractivity contribution in [3.63, 3.8) is 0 Å². The lowest BCUT2D eigenvalue weighted by Gasteiger charge is -2.29. The third-order valence-electron chi connectivity index (χ3n) is 4.43. The third kappa shape index (κ3) is 8.57. The summed E-state index contributed by atoms with van der Waals surface area (Å²) in [5.74, 6) is 0.497. The molecule has 0 aromatic heterocycles. The zero-order chi connectivity index (χ0) is 19.0. The molecule has 0 unspecified atom stereocenters. The second-order valence-electron chi connectivity index (χ2n) is 6.67. The predicted molar refractivity (Wildman–Crippen MR) is 116 cm³/mol. The molecule has 1 aromatic rings. The molecule has 8 heteroatoms. The monoisotopic (exact) mass is 498 g/mol. The minimum atomic E-state index is -4.18. The average Bonchev–Trinajstić information content (AvgIpc) is 2.61. The molecule has 0 bridgehead atoms. The topological polar surface area (TPSA) is 30.9 Å². The van der Waals surface area contributed by atoms with Crippen molar-refractivity contribution in [2.75, 3.05) is 38.1 Å². The van der Waals surface area contributed by atoms with Gasteiger partial charge in [0, 0.05) is 38.9 Å². The van der Waals surface area contributed by atoms with Crippen LogP contribution < -0.4 is 10.2 Å². The van der Waals surface area contributed by atoms with Crippen molar-refractivity contribution in [2.45, 2.75) is 45.3 Å². The average molecular weight is 498 g/mol. The van der Waals surface area contributed by atoms with Crippen LogP contribution in [0.25, 0.3) is 0 Å². The molecule has 0 radical (unpaired) electrons. The summed E-state index contributed by atoms with van der Waals surface area (Å²) in [6.07, 6.45) is -1.29. The highest BCUT2D eigenvalue weighted by Crippen LogP contribution is 2.21. The Balaban J connectivity index is 0.00000364. The van der Waals surface area contributed by atoms with Crippen LogP contribution in [-0.4, -0.2) is 50.3 Å². The molecule has 0 aliphatic carbocycles. The number of benzene rings is 1. The van der Waals surface area contributed by atoms with E-state index in [1.807, 2.05) is 18.9 Å². The van der Waals surface area contributed by atoms with Gasteiger partial charge in [0.05, 0.1) is 13.0 Å². The van der Waals surface area contributed by atoms with Crippen molar-refractivity contribution in [1.82, 2.24) is 10.2 Å². The molecular weight excluding hydrogens is 468 g/mol. The van der Waals surface area contributed by atoms with Gasteiger partial charge in [-0.2, -0.15) is 13.2 Å². The van der Waals surface area contributed by atoms with E-state index in [-0.39, 0.29) is 30.5 Å². The van der Waals surface area contributed by atoms with Crippen LogP contribution in [0.3, 0.4) is 0 Å². The summed E-state index contributed by atoms with van der Waals surface area (Å²) in [5.41, 5.74) is 2.34. The van der Waals surface area contributed by atoms with Gasteiger partial charge < -0.3 is 15.1 Å². The van der Waals surface area contributed by atoms with E-state index in [0.29, 0.717) is 19.0 Å². The first-order chi connectivity index (χ1) is 12.4. The van der Waals surface area contributed by atoms with Crippen LogP contribution in [0.2, 0.25) is 0 Å². The Hall–Kier alpha value is -1.19. The highest BCUT2D eigenvalue weighted by molar-refractivity contribution is 14.0. The van der Waals surface area contributed by atoms with Gasteiger partial charge in [0.1, 0.15) is 0 Å². The van der Waals surface area contributed by atoms with Crippen LogP contribution in [0.15, 0.2) is 29.3 Å². The van der Waals surface area contributed by atoms with E-state index in [9.17, 15) is 13.2 Å². The SMILES string of the molecule is CCNC(=NCCC(F)(F)F)N(C)Cc1ccc(N2CCCCC2)cc1.I. The number of guanidine groups is 1. The molecule has 1 aromatic carbocycles. The highest BCUT2D eigenvalue weighted by Gasteiger charge is 2.26. The summed E-state index contributed by atoms with van der Waals surface area (Å²) in [4.78, 5) is 8.35. The number of aliphatic imine (C=N–C) groups is 1. The fourth-order valence-electron chi connectivity index (χ4n) is 3.07. The van der Waals surface area contributed by atoms with Gasteiger partial charge in [-0.3, -0.25) is 4.99 Å². The van der Waals surface area contributed by atoms with Gasteiger partial charge in [0.2, 0.25) is 0 Å². The smallest absolute Gasteiger partial charge is 0.372 e. The van der Waals surface area contributed by atoms with Crippen molar-refractivity contribution in [2.24, 2.45) is 4.99 Å². The van der Waals surface area contributed by atoms with Crippen LogP contribution in [0.4, 0.5) is 18.9 Å². The number of nitrogens with zero attached hydrogens (tertiary/aromatic N) is 3. The maximum atomic E-state index is 12.3. The molecule has 1 aliphatic heterocycles. The molecule has 4 nitrogen and oxygen atoms in total. The zero-order valence-corrected chi connectivity index (χ0v) is 18.4. The molecule has 0 amide bonds. The van der Waals surface area contributed by atoms with Crippen molar-refractivity contribution < 1.29 is 13.2 Å². The fourth-order valence-corrected chi connectivity index (χ4v) is 3.07. The van der Waals surface area contributed by atoms with Crippen molar-refractivity contribution in [3.8, 4) is 0 Å². The van der Waals surface area contributed by atoms with E-state index in [0.717, 1.165) is 18.7 Å². The molecule has 1 aliphatic rings. The van der Waals surface area contributed by atoms with E-state index in [1.165, 1.54) is 24.9 Å². The fraction of sp³-hybridized carbons (Fsp3) is 0.632. The summed E-state index contributed by atoms with van der Waals surface area (Å²) in [7, 11) is 1.84. The number of hydrogen-bond donors (Lipinski definition) is 1. The summed E-state index contributed by atoms with van der Waals surface area (Å²) >= 11 is 0. The van der Waals surface area contributed by atoms with E-state index in [2.05, 4.69) is 39.5 Å². The molecule has 1 heterocycles. The maximum absolute atomic E-state index is 12.3. The maximum Gasteiger partial charge on any atom is 0.390 e. The second kappa shape index (κ2) is 11.6. The lowest BCUT2D eigenvalue weighted by molar-refractivity contribution is -0.132. The number of anilines is 1. The number of hydrogen-bond acceptors (Lipinski definition) is 2. The lowest BCUT2D eigenvalue weighted by atomic mass is 10.1. The Bertz CT molecular complexity index is 569. The summed E-state index contributed by atoms with van der Waals surface area (Å²) in [6.45, 7) is 5.07. The molecule has 0 atom stereocenters. The summed E-state index contributed by atoms with van der Waals surface area (Å²) in [5, 5.41) is 3.05. The van der Waals surface area contributed by atoms with E-state index >= 15 is 0 Å². The lowest BCUT2D eigenvalue weighted by Crippen LogP contribution is -2.38. The van der Waals surface area contributed by atoms with E-state index in [1.54, 1.807) is 0 Å². The van der Waals surface area contributed by atoms with Gasteiger partial charge in [0.15, 0.2) is 5.96 Å². The van der Waals surface area contributed by atoms with E-state index in [4.69, 9.17) is 0 Å². The molecule has 2 rings (SSSR count). The Morgan fingerprint density at radius 2 is 1.78 bits per heavy atom. The van der Waals surface area contributed by atoms with Crippen molar-refractivity contribution in [3.05, 3.63) is 29.8 Å². The molecular formula is C19H30F3IN4. The first-order valence-corrected chi connectivity index (χ1v) is 9.29. The number of nitrogens with one attached hydrogen (secondary N) is 1. The van der Waals surface area contributed by atoms with Gasteiger partial charge in [-0.15, -0.1) is 24.0 Å². The van der Waals surface area contributed by atoms with Crippen molar-refractivity contribution in [1.29, 1.82) is 0 Å². The van der Waals surface area contributed by atoms with Gasteiger partial charge >= 0.3 is 6.18 Å². The van der Waals surface area contributed by atoms with Crippen LogP contribution in [-0.2, 0) is 6.54 Å². The zero-order valence-electron chi connectivity index (χ0n) is 16.1. The predicted octanol–water partition coefficient (Wildman–Crippen LogP) is 4.64. The van der Waals surface area contributed by atoms with Gasteiger partial charge in [-0.25, -0.2) is 0 Å². The van der Waals surface area contributed by atoms with Crippen LogP contribution >= 0.6 is 24.0 Å². The first-order valence-electron chi connectivity index (χ1n) is 9.29. The van der Waals surface area contributed by atoms with Gasteiger partial charge in [-0.1, -0.05) is 12.1 Å². The Labute approximate surface area is 177 Å². The minimum absolute atomic E-state index is 0. The number of rotatable bonds is 6. The Kier molecular flexibility index (Phi) is 10.3. The van der Waals surface area contributed by atoms with Crippen molar-refractivity contribution >= 4 is 35.6 Å². The number of halogens is 4. The molecule has 1 saturated heterocycles. The molecule has 1 fully saturated rings. The van der Waals surface area contributed by atoms with Gasteiger partial charge in [0.25, 0.3) is 0 Å². The molecule has 154 valence electrons. The first kappa shape index (κ1) is 23.8. The number of alkyl halides is 3.